The summed E-state index contributed by atoms with van der Waals surface area (Å²) in [5, 5.41) is 7.24. The standard InChI is InChI=1S/C20H35N3O3/c1-5-25-18(24)13-8-10-14(11-9-13)22-19(21-4)23-16-15-7-6-12-26-17(15)20(16,2)3/h13-17H,5-12H2,1-4H3,(H2,21,22,23). The summed E-state index contributed by atoms with van der Waals surface area (Å²) >= 11 is 0. The Kier molecular flexibility index (Phi) is 6.10. The number of ether oxygens (including phenoxy) is 2. The van der Waals surface area contributed by atoms with Gasteiger partial charge in [-0.3, -0.25) is 9.79 Å². The normalized spacial score (nSPS) is 36.5. The zero-order valence-corrected chi connectivity index (χ0v) is 16.7. The zero-order valence-electron chi connectivity index (χ0n) is 16.7. The van der Waals surface area contributed by atoms with Crippen LogP contribution in [0, 0.1) is 17.3 Å². The molecule has 3 rings (SSSR count). The second-order valence-corrected chi connectivity index (χ2v) is 8.56. The van der Waals surface area contributed by atoms with Gasteiger partial charge in [0.1, 0.15) is 0 Å². The first-order valence-corrected chi connectivity index (χ1v) is 10.3. The molecule has 3 unspecified atom stereocenters. The van der Waals surface area contributed by atoms with E-state index in [-0.39, 0.29) is 17.3 Å². The first-order valence-electron chi connectivity index (χ1n) is 10.3. The fourth-order valence-corrected chi connectivity index (χ4v) is 5.06. The summed E-state index contributed by atoms with van der Waals surface area (Å²) in [5.74, 6) is 1.49. The molecule has 6 nitrogen and oxygen atoms in total. The van der Waals surface area contributed by atoms with Gasteiger partial charge in [0.2, 0.25) is 0 Å². The van der Waals surface area contributed by atoms with Gasteiger partial charge in [0.25, 0.3) is 0 Å². The Morgan fingerprint density at radius 2 is 1.92 bits per heavy atom. The molecular weight excluding hydrogens is 330 g/mol. The summed E-state index contributed by atoms with van der Waals surface area (Å²) < 4.78 is 11.2. The summed E-state index contributed by atoms with van der Waals surface area (Å²) in [6.45, 7) is 7.80. The van der Waals surface area contributed by atoms with Crippen molar-refractivity contribution in [3.63, 3.8) is 0 Å². The highest BCUT2D eigenvalue weighted by atomic mass is 16.5. The van der Waals surface area contributed by atoms with Crippen molar-refractivity contribution >= 4 is 11.9 Å². The van der Waals surface area contributed by atoms with Crippen LogP contribution in [0.4, 0.5) is 0 Å². The number of aliphatic imine (C=N–C) groups is 1. The van der Waals surface area contributed by atoms with Crippen LogP contribution in [0.15, 0.2) is 4.99 Å². The van der Waals surface area contributed by atoms with E-state index in [1.54, 1.807) is 0 Å². The van der Waals surface area contributed by atoms with Crippen LogP contribution in [-0.4, -0.2) is 50.4 Å². The lowest BCUT2D eigenvalue weighted by Crippen LogP contribution is -2.71. The SMILES string of the molecule is CCOC(=O)C1CCC(NC(=NC)NC2C3CCCOC3C2(C)C)CC1. The van der Waals surface area contributed by atoms with E-state index in [0.29, 0.717) is 30.7 Å². The zero-order chi connectivity index (χ0) is 18.7. The van der Waals surface area contributed by atoms with Crippen molar-refractivity contribution in [1.29, 1.82) is 0 Å². The maximum Gasteiger partial charge on any atom is 0.308 e. The summed E-state index contributed by atoms with van der Waals surface area (Å²) in [5.41, 5.74) is 0.129. The third-order valence-corrected chi connectivity index (χ3v) is 6.53. The van der Waals surface area contributed by atoms with E-state index in [0.717, 1.165) is 44.7 Å². The molecule has 2 saturated carbocycles. The number of carbonyl (C=O) groups is 1. The molecule has 0 amide bonds. The van der Waals surface area contributed by atoms with Crippen LogP contribution in [0.2, 0.25) is 0 Å². The van der Waals surface area contributed by atoms with Gasteiger partial charge in [0.05, 0.1) is 18.6 Å². The maximum absolute atomic E-state index is 11.9. The van der Waals surface area contributed by atoms with Gasteiger partial charge in [0, 0.05) is 37.1 Å². The van der Waals surface area contributed by atoms with Crippen molar-refractivity contribution < 1.29 is 14.3 Å². The van der Waals surface area contributed by atoms with E-state index in [2.05, 4.69) is 29.5 Å². The largest absolute Gasteiger partial charge is 0.466 e. The number of rotatable bonds is 4. The molecule has 1 heterocycles. The average molecular weight is 366 g/mol. The minimum Gasteiger partial charge on any atom is -0.466 e. The van der Waals surface area contributed by atoms with Crippen molar-refractivity contribution in [3.05, 3.63) is 0 Å². The Labute approximate surface area is 157 Å². The number of hydrogen-bond acceptors (Lipinski definition) is 4. The molecule has 3 aliphatic rings. The molecule has 0 spiro atoms. The van der Waals surface area contributed by atoms with Crippen LogP contribution in [0.25, 0.3) is 0 Å². The highest BCUT2D eigenvalue weighted by Crippen LogP contribution is 2.51. The van der Waals surface area contributed by atoms with Gasteiger partial charge >= 0.3 is 5.97 Å². The molecule has 1 aliphatic heterocycles. The third kappa shape index (κ3) is 3.85. The van der Waals surface area contributed by atoms with Gasteiger partial charge in [-0.2, -0.15) is 0 Å². The van der Waals surface area contributed by atoms with E-state index < -0.39 is 0 Å². The predicted molar refractivity (Wildman–Crippen MR) is 102 cm³/mol. The molecule has 0 bridgehead atoms. The monoisotopic (exact) mass is 365 g/mol. The number of carbonyl (C=O) groups excluding carboxylic acids is 1. The molecule has 0 aromatic rings. The quantitative estimate of drug-likeness (QED) is 0.455. The lowest BCUT2D eigenvalue weighted by Gasteiger charge is -2.60. The Balaban J connectivity index is 1.49. The molecule has 0 aromatic carbocycles. The number of guanidine groups is 1. The van der Waals surface area contributed by atoms with E-state index in [1.807, 2.05) is 14.0 Å². The molecule has 0 radical (unpaired) electrons. The van der Waals surface area contributed by atoms with Gasteiger partial charge in [-0.05, 0) is 45.4 Å². The highest BCUT2D eigenvalue weighted by Gasteiger charge is 2.58. The van der Waals surface area contributed by atoms with Gasteiger partial charge in [0.15, 0.2) is 5.96 Å². The van der Waals surface area contributed by atoms with Crippen LogP contribution in [-0.2, 0) is 14.3 Å². The fraction of sp³-hybridized carbons (Fsp3) is 0.900. The third-order valence-electron chi connectivity index (χ3n) is 6.53. The van der Waals surface area contributed by atoms with Crippen LogP contribution in [0.3, 0.4) is 0 Å². The number of nitrogens with one attached hydrogen (secondary N) is 2. The highest BCUT2D eigenvalue weighted by molar-refractivity contribution is 5.80. The number of esters is 1. The average Bonchev–Trinajstić information content (AvgIpc) is 2.65. The van der Waals surface area contributed by atoms with Crippen molar-refractivity contribution in [2.75, 3.05) is 20.3 Å². The molecule has 2 N–H and O–H groups in total. The van der Waals surface area contributed by atoms with E-state index in [4.69, 9.17) is 9.47 Å². The van der Waals surface area contributed by atoms with Crippen LogP contribution in [0.5, 0.6) is 0 Å². The minimum absolute atomic E-state index is 0.0342. The molecule has 2 aliphatic carbocycles. The summed E-state index contributed by atoms with van der Waals surface area (Å²) in [6.07, 6.45) is 6.49. The van der Waals surface area contributed by atoms with Crippen molar-refractivity contribution in [2.45, 2.75) is 77.5 Å². The first kappa shape index (κ1) is 19.5. The van der Waals surface area contributed by atoms with E-state index in [1.165, 1.54) is 6.42 Å². The Morgan fingerprint density at radius 1 is 1.19 bits per heavy atom. The maximum atomic E-state index is 11.9. The van der Waals surface area contributed by atoms with Gasteiger partial charge < -0.3 is 20.1 Å². The number of nitrogens with zero attached hydrogens (tertiary/aromatic N) is 1. The Hall–Kier alpha value is -1.30. The molecular formula is C20H35N3O3. The lowest BCUT2D eigenvalue weighted by molar-refractivity contribution is -0.188. The van der Waals surface area contributed by atoms with Crippen molar-refractivity contribution in [1.82, 2.24) is 10.6 Å². The molecule has 0 aromatic heterocycles. The predicted octanol–water partition coefficient (Wildman–Crippen LogP) is 2.48. The topological polar surface area (TPSA) is 72.0 Å². The molecule has 1 saturated heterocycles. The van der Waals surface area contributed by atoms with Gasteiger partial charge in [-0.1, -0.05) is 13.8 Å². The van der Waals surface area contributed by atoms with E-state index >= 15 is 0 Å². The summed E-state index contributed by atoms with van der Waals surface area (Å²) in [6, 6.07) is 0.767. The van der Waals surface area contributed by atoms with E-state index in [9.17, 15) is 4.79 Å². The van der Waals surface area contributed by atoms with Crippen molar-refractivity contribution in [3.8, 4) is 0 Å². The molecule has 148 valence electrons. The summed E-state index contributed by atoms with van der Waals surface area (Å²) in [7, 11) is 1.83. The minimum atomic E-state index is -0.0342. The van der Waals surface area contributed by atoms with Gasteiger partial charge in [-0.15, -0.1) is 0 Å². The smallest absolute Gasteiger partial charge is 0.308 e. The Morgan fingerprint density at radius 3 is 2.58 bits per heavy atom. The van der Waals surface area contributed by atoms with Crippen LogP contribution in [0.1, 0.15) is 59.3 Å². The second-order valence-electron chi connectivity index (χ2n) is 8.56. The second kappa shape index (κ2) is 8.15. The molecule has 3 atom stereocenters. The van der Waals surface area contributed by atoms with Gasteiger partial charge in [-0.25, -0.2) is 0 Å². The molecule has 26 heavy (non-hydrogen) atoms. The van der Waals surface area contributed by atoms with Crippen molar-refractivity contribution in [2.24, 2.45) is 22.2 Å². The summed E-state index contributed by atoms with van der Waals surface area (Å²) in [4.78, 5) is 16.3. The van der Waals surface area contributed by atoms with Crippen LogP contribution < -0.4 is 10.6 Å². The number of hydrogen-bond donors (Lipinski definition) is 2. The van der Waals surface area contributed by atoms with Crippen LogP contribution >= 0.6 is 0 Å². The molecule has 3 fully saturated rings. The molecule has 6 heteroatoms. The lowest BCUT2D eigenvalue weighted by atomic mass is 9.55. The number of fused-ring (bicyclic) bond motifs is 1. The Bertz CT molecular complexity index is 526. The fourth-order valence-electron chi connectivity index (χ4n) is 5.06. The first-order chi connectivity index (χ1) is 12.5.